The summed E-state index contributed by atoms with van der Waals surface area (Å²) in [5.41, 5.74) is 0. The fraction of sp³-hybridized carbons (Fsp3) is 0.917. The summed E-state index contributed by atoms with van der Waals surface area (Å²) in [5, 5.41) is 8.96. The van der Waals surface area contributed by atoms with Gasteiger partial charge in [0.2, 0.25) is 0 Å². The first-order valence-corrected chi connectivity index (χ1v) is 5.95. The second kappa shape index (κ2) is 12.1. The van der Waals surface area contributed by atoms with E-state index in [4.69, 9.17) is 5.11 Å². The Balaban J connectivity index is 0. The maximum absolute atomic E-state index is 10.9. The van der Waals surface area contributed by atoms with Crippen molar-refractivity contribution in [3.63, 3.8) is 0 Å². The summed E-state index contributed by atoms with van der Waals surface area (Å²) >= 11 is 0. The summed E-state index contributed by atoms with van der Waals surface area (Å²) in [6.45, 7) is 4.28. The minimum absolute atomic E-state index is 0. The molecule has 0 saturated heterocycles. The smallest absolute Gasteiger partial charge is 0.306 e. The molecule has 0 aliphatic rings. The van der Waals surface area contributed by atoms with Crippen molar-refractivity contribution in [1.29, 1.82) is 0 Å². The Hall–Kier alpha value is -0.0105. The minimum Gasteiger partial charge on any atom is -0.481 e. The minimum atomic E-state index is -0.602. The standard InChI is InChI=1S/C12H24O2.Fe/c1-3-5-7-8-10-11(12(13)14)9-6-4-2;/h11H,3-10H2,1-2H3,(H,13,14);. The van der Waals surface area contributed by atoms with Gasteiger partial charge in [0.05, 0.1) is 5.92 Å². The van der Waals surface area contributed by atoms with E-state index in [1.807, 2.05) is 0 Å². The summed E-state index contributed by atoms with van der Waals surface area (Å²) in [4.78, 5) is 10.9. The normalized spacial score (nSPS) is 11.9. The van der Waals surface area contributed by atoms with Gasteiger partial charge in [0.15, 0.2) is 0 Å². The van der Waals surface area contributed by atoms with Gasteiger partial charge >= 0.3 is 5.97 Å². The number of carbonyl (C=O) groups is 1. The van der Waals surface area contributed by atoms with Crippen molar-refractivity contribution in [2.24, 2.45) is 5.92 Å². The van der Waals surface area contributed by atoms with Crippen LogP contribution in [0, 0.1) is 5.92 Å². The van der Waals surface area contributed by atoms with Crippen molar-refractivity contribution in [1.82, 2.24) is 0 Å². The van der Waals surface area contributed by atoms with Crippen molar-refractivity contribution in [2.75, 3.05) is 0 Å². The molecule has 0 aliphatic carbocycles. The van der Waals surface area contributed by atoms with Crippen molar-refractivity contribution in [2.45, 2.75) is 65.2 Å². The van der Waals surface area contributed by atoms with E-state index < -0.39 is 5.97 Å². The fourth-order valence-corrected chi connectivity index (χ4v) is 1.66. The topological polar surface area (TPSA) is 37.3 Å². The molecule has 0 heterocycles. The van der Waals surface area contributed by atoms with Gasteiger partial charge in [0, 0.05) is 17.1 Å². The van der Waals surface area contributed by atoms with Crippen LogP contribution >= 0.6 is 0 Å². The van der Waals surface area contributed by atoms with E-state index in [9.17, 15) is 4.79 Å². The molecule has 0 aromatic heterocycles. The van der Waals surface area contributed by atoms with Gasteiger partial charge in [0.1, 0.15) is 0 Å². The van der Waals surface area contributed by atoms with Crippen LogP contribution in [0.2, 0.25) is 0 Å². The molecule has 0 radical (unpaired) electrons. The number of unbranched alkanes of at least 4 members (excludes halogenated alkanes) is 4. The molecule has 0 aromatic carbocycles. The Labute approximate surface area is 104 Å². The molecule has 0 spiro atoms. The largest absolute Gasteiger partial charge is 0.481 e. The number of carboxylic acid groups (broad SMARTS) is 1. The molecule has 0 saturated carbocycles. The van der Waals surface area contributed by atoms with Crippen LogP contribution in [0.4, 0.5) is 0 Å². The molecule has 1 unspecified atom stereocenters. The maximum Gasteiger partial charge on any atom is 0.306 e. The van der Waals surface area contributed by atoms with Crippen LogP contribution < -0.4 is 0 Å². The number of carboxylic acids is 1. The molecule has 92 valence electrons. The van der Waals surface area contributed by atoms with E-state index in [2.05, 4.69) is 13.8 Å². The van der Waals surface area contributed by atoms with E-state index >= 15 is 0 Å². The van der Waals surface area contributed by atoms with Crippen LogP contribution in [0.3, 0.4) is 0 Å². The van der Waals surface area contributed by atoms with Crippen molar-refractivity contribution < 1.29 is 27.0 Å². The van der Waals surface area contributed by atoms with Gasteiger partial charge < -0.3 is 5.11 Å². The van der Waals surface area contributed by atoms with Crippen LogP contribution in [0.25, 0.3) is 0 Å². The third-order valence-electron chi connectivity index (χ3n) is 2.66. The number of hydrogen-bond donors (Lipinski definition) is 1. The summed E-state index contributed by atoms with van der Waals surface area (Å²) in [6, 6.07) is 0. The third-order valence-corrected chi connectivity index (χ3v) is 2.66. The Bertz CT molecular complexity index is 149. The summed E-state index contributed by atoms with van der Waals surface area (Å²) in [6.07, 6.45) is 8.59. The summed E-state index contributed by atoms with van der Waals surface area (Å²) in [5.74, 6) is -0.693. The molecule has 1 atom stereocenters. The first-order chi connectivity index (χ1) is 6.72. The van der Waals surface area contributed by atoms with E-state index in [1.165, 1.54) is 19.3 Å². The predicted molar refractivity (Wildman–Crippen MR) is 59.4 cm³/mol. The molecule has 0 amide bonds. The van der Waals surface area contributed by atoms with Crippen LogP contribution in [-0.4, -0.2) is 11.1 Å². The monoisotopic (exact) mass is 256 g/mol. The van der Waals surface area contributed by atoms with E-state index in [-0.39, 0.29) is 23.0 Å². The molecule has 3 heteroatoms. The van der Waals surface area contributed by atoms with Crippen molar-refractivity contribution in [3.8, 4) is 0 Å². The van der Waals surface area contributed by atoms with Crippen LogP contribution in [0.1, 0.15) is 65.2 Å². The molecule has 0 rings (SSSR count). The second-order valence-electron chi connectivity index (χ2n) is 4.03. The summed E-state index contributed by atoms with van der Waals surface area (Å²) in [7, 11) is 0. The van der Waals surface area contributed by atoms with Crippen LogP contribution in [0.15, 0.2) is 0 Å². The fourth-order valence-electron chi connectivity index (χ4n) is 1.66. The van der Waals surface area contributed by atoms with Crippen LogP contribution in [0.5, 0.6) is 0 Å². The first kappa shape index (κ1) is 17.4. The molecule has 2 nitrogen and oxygen atoms in total. The SMILES string of the molecule is CCCCCCC(CCCC)C(=O)O.[Fe]. The first-order valence-electron chi connectivity index (χ1n) is 5.95. The summed E-state index contributed by atoms with van der Waals surface area (Å²) < 4.78 is 0. The Kier molecular flexibility index (Phi) is 14.0. The van der Waals surface area contributed by atoms with Gasteiger partial charge in [-0.25, -0.2) is 0 Å². The zero-order valence-corrected chi connectivity index (χ0v) is 11.0. The molecule has 0 aliphatic heterocycles. The number of hydrogen-bond acceptors (Lipinski definition) is 1. The Morgan fingerprint density at radius 1 is 1.00 bits per heavy atom. The predicted octanol–water partition coefficient (Wildman–Crippen LogP) is 3.85. The van der Waals surface area contributed by atoms with Gasteiger partial charge in [-0.1, -0.05) is 52.4 Å². The second-order valence-corrected chi connectivity index (χ2v) is 4.03. The van der Waals surface area contributed by atoms with Gasteiger partial charge in [-0.2, -0.15) is 0 Å². The van der Waals surface area contributed by atoms with Crippen molar-refractivity contribution in [3.05, 3.63) is 0 Å². The Morgan fingerprint density at radius 2 is 1.53 bits per heavy atom. The number of aliphatic carboxylic acids is 1. The average Bonchev–Trinajstić information content (AvgIpc) is 2.16. The molecular weight excluding hydrogens is 232 g/mol. The van der Waals surface area contributed by atoms with E-state index in [0.29, 0.717) is 0 Å². The molecule has 1 N–H and O–H groups in total. The third kappa shape index (κ3) is 10.3. The van der Waals surface area contributed by atoms with Crippen molar-refractivity contribution >= 4 is 5.97 Å². The average molecular weight is 256 g/mol. The molecular formula is C12H24FeO2. The molecule has 0 bridgehead atoms. The van der Waals surface area contributed by atoms with Crippen LogP contribution in [-0.2, 0) is 21.9 Å². The van der Waals surface area contributed by atoms with Gasteiger partial charge in [0.25, 0.3) is 0 Å². The molecule has 0 aromatic rings. The van der Waals surface area contributed by atoms with Gasteiger partial charge in [-0.15, -0.1) is 0 Å². The molecule has 0 fully saturated rings. The van der Waals surface area contributed by atoms with E-state index in [0.717, 1.165) is 32.1 Å². The van der Waals surface area contributed by atoms with E-state index in [1.54, 1.807) is 0 Å². The quantitative estimate of drug-likeness (QED) is 0.502. The zero-order chi connectivity index (χ0) is 10.8. The van der Waals surface area contributed by atoms with Gasteiger partial charge in [-0.05, 0) is 12.8 Å². The molecule has 15 heavy (non-hydrogen) atoms. The zero-order valence-electron chi connectivity index (χ0n) is 9.94. The number of rotatable bonds is 9. The Morgan fingerprint density at radius 3 is 2.00 bits per heavy atom. The maximum atomic E-state index is 10.9. The van der Waals surface area contributed by atoms with Gasteiger partial charge in [-0.3, -0.25) is 4.79 Å².